The Morgan fingerprint density at radius 1 is 1.37 bits per heavy atom. The first-order valence-electron chi connectivity index (χ1n) is 6.96. The molecule has 0 atom stereocenters. The van der Waals surface area contributed by atoms with Crippen molar-refractivity contribution in [1.29, 1.82) is 0 Å². The van der Waals surface area contributed by atoms with Crippen LogP contribution in [0.25, 0.3) is 0 Å². The summed E-state index contributed by atoms with van der Waals surface area (Å²) in [6.45, 7) is 5.23. The van der Waals surface area contributed by atoms with Crippen molar-refractivity contribution in [3.05, 3.63) is 17.5 Å². The minimum absolute atomic E-state index is 0.224. The van der Waals surface area contributed by atoms with E-state index in [0.29, 0.717) is 12.6 Å². The molecule has 6 nitrogen and oxygen atoms in total. The van der Waals surface area contributed by atoms with Crippen LogP contribution in [0.15, 0.2) is 6.20 Å². The Hall–Kier alpha value is -1.40. The molecule has 2 aliphatic heterocycles. The number of hydrogen-bond donors (Lipinski definition) is 2. The highest BCUT2D eigenvalue weighted by Gasteiger charge is 2.32. The van der Waals surface area contributed by atoms with E-state index in [4.69, 9.17) is 5.11 Å². The molecule has 0 saturated carbocycles. The van der Waals surface area contributed by atoms with Crippen LogP contribution in [-0.2, 0) is 6.54 Å². The number of carbonyl (C=O) groups is 1. The molecule has 2 saturated heterocycles. The minimum atomic E-state index is -0.930. The normalized spacial score (nSPS) is 22.3. The molecular formula is C13H20N4O2. The Morgan fingerprint density at radius 2 is 2.11 bits per heavy atom. The average Bonchev–Trinajstić information content (AvgIpc) is 2.82. The van der Waals surface area contributed by atoms with Gasteiger partial charge in [0.2, 0.25) is 0 Å². The fourth-order valence-corrected chi connectivity index (χ4v) is 3.04. The smallest absolute Gasteiger partial charge is 0.354 e. The summed E-state index contributed by atoms with van der Waals surface area (Å²) in [4.78, 5) is 15.8. The number of hydrogen-bond acceptors (Lipinski definition) is 4. The van der Waals surface area contributed by atoms with E-state index >= 15 is 0 Å². The molecule has 2 aliphatic rings. The lowest BCUT2D eigenvalue weighted by Gasteiger charge is -2.46. The summed E-state index contributed by atoms with van der Waals surface area (Å²) in [5.74, 6) is -0.930. The number of carboxylic acid groups (broad SMARTS) is 1. The lowest BCUT2D eigenvalue weighted by molar-refractivity contribution is 0.0183. The molecule has 104 valence electrons. The topological polar surface area (TPSA) is 72.5 Å². The van der Waals surface area contributed by atoms with E-state index in [2.05, 4.69) is 20.0 Å². The predicted molar refractivity (Wildman–Crippen MR) is 70.0 cm³/mol. The van der Waals surface area contributed by atoms with Crippen molar-refractivity contribution in [2.45, 2.75) is 31.8 Å². The first kappa shape index (κ1) is 12.6. The lowest BCUT2D eigenvalue weighted by Crippen LogP contribution is -2.59. The Labute approximate surface area is 112 Å². The highest BCUT2D eigenvalue weighted by molar-refractivity contribution is 5.86. The molecule has 1 aromatic heterocycles. The van der Waals surface area contributed by atoms with E-state index < -0.39 is 5.97 Å². The van der Waals surface area contributed by atoms with E-state index in [1.54, 1.807) is 6.20 Å². The number of nitrogens with one attached hydrogen (secondary N) is 1. The van der Waals surface area contributed by atoms with Crippen LogP contribution in [0.4, 0.5) is 0 Å². The molecule has 0 radical (unpaired) electrons. The van der Waals surface area contributed by atoms with Gasteiger partial charge in [0.1, 0.15) is 5.69 Å². The molecule has 0 spiro atoms. The first-order chi connectivity index (χ1) is 9.24. The van der Waals surface area contributed by atoms with Gasteiger partial charge >= 0.3 is 5.97 Å². The van der Waals surface area contributed by atoms with Gasteiger partial charge in [-0.2, -0.15) is 5.10 Å². The number of aromatic nitrogens is 2. The van der Waals surface area contributed by atoms with Crippen LogP contribution < -0.4 is 0 Å². The molecule has 3 heterocycles. The fraction of sp³-hybridized carbons (Fsp3) is 0.692. The summed E-state index contributed by atoms with van der Waals surface area (Å²) < 4.78 is 0. The van der Waals surface area contributed by atoms with Crippen LogP contribution in [0.3, 0.4) is 0 Å². The number of aromatic amines is 1. The zero-order valence-electron chi connectivity index (χ0n) is 11.0. The van der Waals surface area contributed by atoms with Gasteiger partial charge in [0.05, 0.1) is 6.20 Å². The lowest BCUT2D eigenvalue weighted by atomic mass is 10.0. The maximum atomic E-state index is 11.0. The summed E-state index contributed by atoms with van der Waals surface area (Å²) in [5.41, 5.74) is 1.01. The summed E-state index contributed by atoms with van der Waals surface area (Å²) in [6.07, 6.45) is 5.63. The number of H-pyrrole nitrogens is 1. The van der Waals surface area contributed by atoms with Crippen LogP contribution in [-0.4, -0.2) is 63.3 Å². The first-order valence-corrected chi connectivity index (χ1v) is 6.96. The van der Waals surface area contributed by atoms with E-state index in [0.717, 1.165) is 18.7 Å². The van der Waals surface area contributed by atoms with Crippen LogP contribution >= 0.6 is 0 Å². The maximum absolute atomic E-state index is 11.0. The molecular weight excluding hydrogens is 244 g/mol. The van der Waals surface area contributed by atoms with Crippen molar-refractivity contribution in [2.24, 2.45) is 0 Å². The van der Waals surface area contributed by atoms with E-state index in [9.17, 15) is 4.79 Å². The number of likely N-dealkylation sites (tertiary alicyclic amines) is 2. The van der Waals surface area contributed by atoms with Gasteiger partial charge in [-0.3, -0.25) is 14.9 Å². The van der Waals surface area contributed by atoms with Crippen molar-refractivity contribution in [3.63, 3.8) is 0 Å². The zero-order chi connectivity index (χ0) is 13.2. The number of piperidine rings is 1. The summed E-state index contributed by atoms with van der Waals surface area (Å²) in [5, 5.41) is 15.4. The van der Waals surface area contributed by atoms with Crippen molar-refractivity contribution in [1.82, 2.24) is 20.0 Å². The molecule has 6 heteroatoms. The van der Waals surface area contributed by atoms with Crippen LogP contribution in [0, 0.1) is 0 Å². The number of aromatic carboxylic acids is 1. The van der Waals surface area contributed by atoms with Crippen molar-refractivity contribution in [3.8, 4) is 0 Å². The van der Waals surface area contributed by atoms with Crippen molar-refractivity contribution in [2.75, 3.05) is 26.2 Å². The molecule has 19 heavy (non-hydrogen) atoms. The highest BCUT2D eigenvalue weighted by Crippen LogP contribution is 2.22. The summed E-state index contributed by atoms with van der Waals surface area (Å²) >= 11 is 0. The van der Waals surface area contributed by atoms with Crippen molar-refractivity contribution < 1.29 is 9.90 Å². The Balaban J connectivity index is 1.51. The zero-order valence-corrected chi connectivity index (χ0v) is 11.0. The summed E-state index contributed by atoms with van der Waals surface area (Å²) in [7, 11) is 0. The molecule has 3 rings (SSSR count). The maximum Gasteiger partial charge on any atom is 0.354 e. The van der Waals surface area contributed by atoms with Gasteiger partial charge < -0.3 is 5.11 Å². The third-order valence-electron chi connectivity index (χ3n) is 4.17. The van der Waals surface area contributed by atoms with Gasteiger partial charge in [0.25, 0.3) is 0 Å². The molecule has 0 aromatic carbocycles. The van der Waals surface area contributed by atoms with Gasteiger partial charge in [-0.05, 0) is 25.9 Å². The minimum Gasteiger partial charge on any atom is -0.477 e. The molecule has 2 N–H and O–H groups in total. The molecule has 0 amide bonds. The molecule has 0 aliphatic carbocycles. The number of carboxylic acids is 1. The number of nitrogens with zero attached hydrogens (tertiary/aromatic N) is 3. The second kappa shape index (κ2) is 5.30. The third kappa shape index (κ3) is 2.64. The van der Waals surface area contributed by atoms with E-state index in [-0.39, 0.29) is 5.69 Å². The Bertz CT molecular complexity index is 447. The van der Waals surface area contributed by atoms with Gasteiger partial charge in [-0.1, -0.05) is 6.42 Å². The van der Waals surface area contributed by atoms with Gasteiger partial charge in [-0.25, -0.2) is 4.79 Å². The Kier molecular flexibility index (Phi) is 3.52. The molecule has 0 bridgehead atoms. The van der Waals surface area contributed by atoms with Crippen LogP contribution in [0.5, 0.6) is 0 Å². The fourth-order valence-electron chi connectivity index (χ4n) is 3.04. The Morgan fingerprint density at radius 3 is 2.79 bits per heavy atom. The molecule has 0 unspecified atom stereocenters. The third-order valence-corrected chi connectivity index (χ3v) is 4.17. The predicted octanol–water partition coefficient (Wildman–Crippen LogP) is 0.778. The standard InChI is InChI=1S/C13H20N4O2/c18-13(19)12-10(6-14-15-12)7-16-8-11(9-16)17-4-2-1-3-5-17/h6,11H,1-5,7-9H2,(H,14,15)(H,18,19). The van der Waals surface area contributed by atoms with Crippen LogP contribution in [0.1, 0.15) is 35.3 Å². The molecule has 1 aromatic rings. The van der Waals surface area contributed by atoms with E-state index in [1.807, 2.05) is 0 Å². The monoisotopic (exact) mass is 264 g/mol. The molecule has 2 fully saturated rings. The largest absolute Gasteiger partial charge is 0.477 e. The van der Waals surface area contributed by atoms with Gasteiger partial charge in [0, 0.05) is 31.2 Å². The second-order valence-corrected chi connectivity index (χ2v) is 5.52. The summed E-state index contributed by atoms with van der Waals surface area (Å²) in [6, 6.07) is 0.667. The van der Waals surface area contributed by atoms with Gasteiger partial charge in [-0.15, -0.1) is 0 Å². The average molecular weight is 264 g/mol. The quantitative estimate of drug-likeness (QED) is 0.840. The van der Waals surface area contributed by atoms with Gasteiger partial charge in [0.15, 0.2) is 0 Å². The SMILES string of the molecule is O=C(O)c1[nH]ncc1CN1CC(N2CCCCC2)C1. The van der Waals surface area contributed by atoms with Crippen LogP contribution in [0.2, 0.25) is 0 Å². The number of rotatable bonds is 4. The second-order valence-electron chi connectivity index (χ2n) is 5.52. The van der Waals surface area contributed by atoms with Crippen molar-refractivity contribution >= 4 is 5.97 Å². The highest BCUT2D eigenvalue weighted by atomic mass is 16.4. The van der Waals surface area contributed by atoms with E-state index in [1.165, 1.54) is 32.4 Å².